The van der Waals surface area contributed by atoms with E-state index in [1.807, 2.05) is 0 Å². The molecule has 12 nitrogen and oxygen atoms in total. The Labute approximate surface area is 303 Å². The van der Waals surface area contributed by atoms with Crippen molar-refractivity contribution in [3.05, 3.63) is 11.6 Å². The van der Waals surface area contributed by atoms with Gasteiger partial charge in [0.05, 0.1) is 31.5 Å². The summed E-state index contributed by atoms with van der Waals surface area (Å²) in [4.78, 5) is 0. The van der Waals surface area contributed by atoms with Crippen LogP contribution < -0.4 is 0 Å². The van der Waals surface area contributed by atoms with Crippen LogP contribution in [0.25, 0.3) is 0 Å². The molecule has 0 radical (unpaired) electrons. The predicted octanol–water partition coefficient (Wildman–Crippen LogP) is 2.01. The molecule has 2 aliphatic heterocycles. The number of rotatable bonds is 10. The van der Waals surface area contributed by atoms with Crippen LogP contribution in [0.3, 0.4) is 0 Å². The maximum Gasteiger partial charge on any atom is 0.187 e. The molecule has 6 fully saturated rings. The first-order valence-electron chi connectivity index (χ1n) is 19.5. The van der Waals surface area contributed by atoms with E-state index in [2.05, 4.69) is 47.6 Å². The molecule has 6 rings (SSSR count). The quantitative estimate of drug-likeness (QED) is 0.121. The molecule has 4 aliphatic carbocycles. The lowest BCUT2D eigenvalue weighted by Crippen LogP contribution is -2.65. The summed E-state index contributed by atoms with van der Waals surface area (Å²) in [5.74, 6) is 1.13. The molecule has 51 heavy (non-hydrogen) atoms. The first-order valence-corrected chi connectivity index (χ1v) is 19.5. The van der Waals surface area contributed by atoms with Crippen molar-refractivity contribution in [2.24, 2.45) is 45.8 Å². The molecule has 4 saturated carbocycles. The zero-order valence-corrected chi connectivity index (χ0v) is 31.4. The summed E-state index contributed by atoms with van der Waals surface area (Å²) >= 11 is 0. The fourth-order valence-electron chi connectivity index (χ4n) is 12.4. The van der Waals surface area contributed by atoms with E-state index in [1.54, 1.807) is 0 Å². The van der Waals surface area contributed by atoms with Gasteiger partial charge in [-0.15, -0.1) is 0 Å². The summed E-state index contributed by atoms with van der Waals surface area (Å²) in [7, 11) is 0. The summed E-state index contributed by atoms with van der Waals surface area (Å²) in [6.07, 6.45) is -3.42. The van der Waals surface area contributed by atoms with Gasteiger partial charge in [0.25, 0.3) is 0 Å². The number of hydrogen-bond acceptors (Lipinski definition) is 12. The summed E-state index contributed by atoms with van der Waals surface area (Å²) in [5, 5.41) is 85.5. The molecule has 0 bridgehead atoms. The van der Waals surface area contributed by atoms with Crippen LogP contribution in [-0.2, 0) is 18.9 Å². The zero-order chi connectivity index (χ0) is 37.2. The Morgan fingerprint density at radius 2 is 1.39 bits per heavy atom. The van der Waals surface area contributed by atoms with Crippen molar-refractivity contribution in [2.45, 2.75) is 173 Å². The minimum absolute atomic E-state index is 0.0480. The van der Waals surface area contributed by atoms with Gasteiger partial charge >= 0.3 is 0 Å². The van der Waals surface area contributed by atoms with Gasteiger partial charge in [0.15, 0.2) is 12.6 Å². The highest BCUT2D eigenvalue weighted by atomic mass is 16.8. The van der Waals surface area contributed by atoms with Gasteiger partial charge in [0, 0.05) is 0 Å². The maximum absolute atomic E-state index is 11.9. The Kier molecular flexibility index (Phi) is 11.8. The number of ether oxygens (including phenoxy) is 4. The SMILES string of the molecule is CC(C)=CCCC(O)C1CCC2C1[C@H](O)CC1[C@@]2(C)CCC2C(C)(C)[C@@H](O[C@@H]3OC(CO)C(O)C(O)C3OC3OC(CO)[C@@H](O)C3O)CC[C@@]21C. The van der Waals surface area contributed by atoms with Gasteiger partial charge in [-0.05, 0) is 117 Å². The Morgan fingerprint density at radius 3 is 2.04 bits per heavy atom. The molecular formula is C39H66O12. The highest BCUT2D eigenvalue weighted by Crippen LogP contribution is 2.71. The van der Waals surface area contributed by atoms with Crippen LogP contribution >= 0.6 is 0 Å². The Hall–Kier alpha value is -0.740. The number of aliphatic hydroxyl groups excluding tert-OH is 8. The van der Waals surface area contributed by atoms with E-state index < -0.39 is 80.7 Å². The lowest BCUT2D eigenvalue weighted by atomic mass is 9.38. The molecule has 8 N–H and O–H groups in total. The number of aliphatic hydroxyl groups is 8. The van der Waals surface area contributed by atoms with Crippen LogP contribution in [-0.4, -0.2) is 128 Å². The van der Waals surface area contributed by atoms with Gasteiger partial charge in [-0.3, -0.25) is 0 Å². The Bertz CT molecular complexity index is 1230. The van der Waals surface area contributed by atoms with Gasteiger partial charge in [-0.1, -0.05) is 39.3 Å². The van der Waals surface area contributed by atoms with E-state index in [1.165, 1.54) is 5.57 Å². The first-order chi connectivity index (χ1) is 24.0. The zero-order valence-electron chi connectivity index (χ0n) is 31.4. The summed E-state index contributed by atoms with van der Waals surface area (Å²) in [6.45, 7) is 12.3. The summed E-state index contributed by atoms with van der Waals surface area (Å²) in [5.41, 5.74) is 0.855. The molecule has 0 spiro atoms. The largest absolute Gasteiger partial charge is 0.394 e. The first kappa shape index (κ1) is 39.9. The van der Waals surface area contributed by atoms with Crippen LogP contribution in [0.4, 0.5) is 0 Å². The van der Waals surface area contributed by atoms with E-state index in [-0.39, 0.29) is 40.1 Å². The Morgan fingerprint density at radius 1 is 0.765 bits per heavy atom. The van der Waals surface area contributed by atoms with Crippen molar-refractivity contribution in [3.8, 4) is 0 Å². The predicted molar refractivity (Wildman–Crippen MR) is 186 cm³/mol. The molecule has 2 saturated heterocycles. The average Bonchev–Trinajstić information content (AvgIpc) is 3.65. The lowest BCUT2D eigenvalue weighted by molar-refractivity contribution is -0.356. The molecule has 0 amide bonds. The average molecular weight is 727 g/mol. The van der Waals surface area contributed by atoms with Crippen LogP contribution in [0.5, 0.6) is 0 Å². The number of fused-ring (bicyclic) bond motifs is 5. The smallest absolute Gasteiger partial charge is 0.187 e. The highest BCUT2D eigenvalue weighted by Gasteiger charge is 2.67. The number of allylic oxidation sites excluding steroid dienone is 2. The molecule has 0 aromatic carbocycles. The van der Waals surface area contributed by atoms with Crippen molar-refractivity contribution in [2.75, 3.05) is 13.2 Å². The lowest BCUT2D eigenvalue weighted by Gasteiger charge is -2.68. The van der Waals surface area contributed by atoms with E-state index >= 15 is 0 Å². The van der Waals surface area contributed by atoms with Crippen molar-refractivity contribution < 1.29 is 59.8 Å². The van der Waals surface area contributed by atoms with E-state index in [9.17, 15) is 40.9 Å². The van der Waals surface area contributed by atoms with Crippen LogP contribution in [0.15, 0.2) is 11.6 Å². The van der Waals surface area contributed by atoms with Crippen LogP contribution in [0, 0.1) is 45.8 Å². The molecular weight excluding hydrogens is 660 g/mol. The molecule has 2 heterocycles. The second kappa shape index (κ2) is 15.1. The standard InChI is InChI=1S/C39H66O12/c1-19(2)8-7-9-22(42)20-10-11-21-29(20)23(43)16-27-38(21,5)14-12-26-37(3,4)28(13-15-39(26,27)6)50-36-34(32(46)30(44)24(17-40)49-36)51-35-33(47)31(45)25(18-41)48-35/h8,20-36,40-47H,7,9-18H2,1-6H3/t20?,21?,22?,23-,24?,25?,26?,27?,28+,29?,30?,31-,32?,33?,34?,35?,36+,38+,39+/m1/s1. The topological polar surface area (TPSA) is 199 Å². The summed E-state index contributed by atoms with van der Waals surface area (Å²) in [6, 6.07) is 0. The molecule has 19 atom stereocenters. The van der Waals surface area contributed by atoms with Crippen molar-refractivity contribution >= 4 is 0 Å². The second-order valence-corrected chi connectivity index (χ2v) is 18.3. The van der Waals surface area contributed by atoms with Gasteiger partial charge in [-0.2, -0.15) is 0 Å². The van der Waals surface area contributed by atoms with Crippen LogP contribution in [0.1, 0.15) is 99.3 Å². The van der Waals surface area contributed by atoms with Crippen molar-refractivity contribution in [1.82, 2.24) is 0 Å². The normalized spacial score (nSPS) is 51.3. The number of hydrogen-bond donors (Lipinski definition) is 8. The van der Waals surface area contributed by atoms with Crippen molar-refractivity contribution in [3.63, 3.8) is 0 Å². The molecule has 12 heteroatoms. The molecule has 6 aliphatic rings. The molecule has 0 aromatic rings. The molecule has 294 valence electrons. The fourth-order valence-corrected chi connectivity index (χ4v) is 12.4. The third kappa shape index (κ3) is 6.90. The van der Waals surface area contributed by atoms with Gasteiger partial charge in [-0.25, -0.2) is 0 Å². The molecule has 0 aromatic heterocycles. The van der Waals surface area contributed by atoms with Gasteiger partial charge in [0.1, 0.15) is 42.7 Å². The highest BCUT2D eigenvalue weighted by molar-refractivity contribution is 5.16. The van der Waals surface area contributed by atoms with E-state index in [0.29, 0.717) is 18.3 Å². The van der Waals surface area contributed by atoms with Crippen molar-refractivity contribution in [1.29, 1.82) is 0 Å². The Balaban J connectivity index is 1.19. The van der Waals surface area contributed by atoms with Gasteiger partial charge < -0.3 is 59.8 Å². The maximum atomic E-state index is 11.9. The fraction of sp³-hybridized carbons (Fsp3) is 0.949. The summed E-state index contributed by atoms with van der Waals surface area (Å²) < 4.78 is 24.2. The minimum Gasteiger partial charge on any atom is -0.394 e. The third-order valence-corrected chi connectivity index (χ3v) is 15.0. The third-order valence-electron chi connectivity index (χ3n) is 15.0. The van der Waals surface area contributed by atoms with E-state index in [0.717, 1.165) is 51.4 Å². The monoisotopic (exact) mass is 726 g/mol. The van der Waals surface area contributed by atoms with E-state index in [4.69, 9.17) is 18.9 Å². The van der Waals surface area contributed by atoms with Crippen LogP contribution in [0.2, 0.25) is 0 Å². The molecule has 13 unspecified atom stereocenters. The minimum atomic E-state index is -1.56. The van der Waals surface area contributed by atoms with Gasteiger partial charge in [0.2, 0.25) is 0 Å². The second-order valence-electron chi connectivity index (χ2n) is 18.3.